The van der Waals surface area contributed by atoms with Gasteiger partial charge in [-0.05, 0) is 55.4 Å². The molecule has 0 N–H and O–H groups in total. The van der Waals surface area contributed by atoms with Gasteiger partial charge in [-0.1, -0.05) is 15.9 Å². The van der Waals surface area contributed by atoms with Gasteiger partial charge in [-0.15, -0.1) is 10.2 Å². The van der Waals surface area contributed by atoms with E-state index in [0.29, 0.717) is 0 Å². The average Bonchev–Trinajstić information content (AvgIpc) is 3.13. The Morgan fingerprint density at radius 2 is 2.06 bits per heavy atom. The summed E-state index contributed by atoms with van der Waals surface area (Å²) in [5, 5.41) is 8.48. The largest absolute Gasteiger partial charge is 0.283 e. The lowest BCUT2D eigenvalue weighted by atomic mass is 9.94. The van der Waals surface area contributed by atoms with Gasteiger partial charge >= 0.3 is 0 Å². The van der Waals surface area contributed by atoms with E-state index in [2.05, 4.69) is 42.8 Å². The number of aryl methyl sites for hydroxylation is 2. The molecule has 0 spiro atoms. The topological polar surface area (TPSA) is 30.7 Å². The minimum atomic E-state index is 0.771. The molecule has 0 saturated heterocycles. The molecule has 2 aliphatic rings. The van der Waals surface area contributed by atoms with Gasteiger partial charge in [0.1, 0.15) is 11.6 Å². The van der Waals surface area contributed by atoms with E-state index in [9.17, 15) is 0 Å². The molecule has 1 aliphatic carbocycles. The molecule has 0 unspecified atom stereocenters. The van der Waals surface area contributed by atoms with E-state index in [0.717, 1.165) is 30.4 Å². The summed E-state index contributed by atoms with van der Waals surface area (Å²) in [7, 11) is 0. The van der Waals surface area contributed by atoms with Crippen molar-refractivity contribution in [1.82, 2.24) is 14.8 Å². The van der Waals surface area contributed by atoms with Crippen LogP contribution in [0.25, 0.3) is 5.69 Å². The molecule has 1 aromatic heterocycles. The molecule has 0 radical (unpaired) electrons. The van der Waals surface area contributed by atoms with E-state index >= 15 is 0 Å². The summed E-state index contributed by atoms with van der Waals surface area (Å²) in [6, 6.07) is 4.38. The van der Waals surface area contributed by atoms with Crippen LogP contribution in [-0.2, 0) is 12.8 Å². The Morgan fingerprint density at radius 1 is 1.22 bits per heavy atom. The molecule has 1 saturated carbocycles. The number of aromatic nitrogens is 3. The first-order chi connectivity index (χ1) is 8.75. The van der Waals surface area contributed by atoms with Crippen molar-refractivity contribution in [3.05, 3.63) is 39.4 Å². The van der Waals surface area contributed by atoms with Crippen molar-refractivity contribution in [1.29, 1.82) is 0 Å². The Bertz CT molecular complexity index is 641. The Kier molecular flexibility index (Phi) is 2.19. The van der Waals surface area contributed by atoms with E-state index in [1.165, 1.54) is 34.1 Å². The van der Waals surface area contributed by atoms with Crippen LogP contribution < -0.4 is 0 Å². The zero-order valence-corrected chi connectivity index (χ0v) is 11.9. The minimum absolute atomic E-state index is 0.771. The van der Waals surface area contributed by atoms with Gasteiger partial charge in [0.05, 0.1) is 5.69 Å². The molecule has 2 aromatic rings. The fourth-order valence-electron chi connectivity index (χ4n) is 3.03. The lowest BCUT2D eigenvalue weighted by Gasteiger charge is -2.22. The predicted octanol–water partition coefficient (Wildman–Crippen LogP) is 3.31. The molecule has 18 heavy (non-hydrogen) atoms. The molecule has 1 fully saturated rings. The highest BCUT2D eigenvalue weighted by Crippen LogP contribution is 2.47. The molecule has 4 heteroatoms. The highest BCUT2D eigenvalue weighted by atomic mass is 79.9. The van der Waals surface area contributed by atoms with Crippen LogP contribution in [0.15, 0.2) is 16.6 Å². The molecule has 92 valence electrons. The third-order valence-corrected chi connectivity index (χ3v) is 4.69. The smallest absolute Gasteiger partial charge is 0.137 e. The van der Waals surface area contributed by atoms with E-state index in [4.69, 9.17) is 0 Å². The average molecular weight is 304 g/mol. The third-order valence-electron chi connectivity index (χ3n) is 4.00. The quantitative estimate of drug-likeness (QED) is 0.809. The second-order valence-electron chi connectivity index (χ2n) is 5.23. The van der Waals surface area contributed by atoms with Crippen LogP contribution in [0.5, 0.6) is 0 Å². The zero-order chi connectivity index (χ0) is 12.3. The fourth-order valence-corrected chi connectivity index (χ4v) is 3.72. The molecular formula is C14H14BrN3. The number of hydrogen-bond acceptors (Lipinski definition) is 2. The number of halogens is 1. The molecule has 1 aliphatic heterocycles. The maximum Gasteiger partial charge on any atom is 0.137 e. The van der Waals surface area contributed by atoms with Crippen LogP contribution in [-0.4, -0.2) is 14.8 Å². The van der Waals surface area contributed by atoms with Gasteiger partial charge in [0, 0.05) is 10.9 Å². The van der Waals surface area contributed by atoms with Gasteiger partial charge in [-0.25, -0.2) is 0 Å². The fraction of sp³-hybridized carbons (Fsp3) is 0.429. The Morgan fingerprint density at radius 3 is 2.83 bits per heavy atom. The van der Waals surface area contributed by atoms with Crippen molar-refractivity contribution in [3.8, 4) is 5.69 Å². The van der Waals surface area contributed by atoms with Gasteiger partial charge in [0.2, 0.25) is 0 Å². The lowest BCUT2D eigenvalue weighted by molar-refractivity contribution is 0.755. The molecule has 0 bridgehead atoms. The number of rotatable bonds is 1. The first-order valence-electron chi connectivity index (χ1n) is 6.48. The number of fused-ring (bicyclic) bond motifs is 3. The van der Waals surface area contributed by atoms with Crippen LogP contribution in [0.1, 0.15) is 41.5 Å². The van der Waals surface area contributed by atoms with Crippen LogP contribution in [0.3, 0.4) is 0 Å². The van der Waals surface area contributed by atoms with Gasteiger partial charge < -0.3 is 0 Å². The second-order valence-corrected chi connectivity index (χ2v) is 6.09. The molecule has 0 amide bonds. The standard InChI is InChI=1S/C14H14BrN3/c1-8-16-17-13-7-4-10-12(18(8)13)6-5-11(15)14(10)9-2-3-9/h5-6,9H,2-4,7H2,1H3. The molecule has 2 heterocycles. The Hall–Kier alpha value is -1.16. The van der Waals surface area contributed by atoms with Crippen molar-refractivity contribution >= 4 is 15.9 Å². The summed E-state index contributed by atoms with van der Waals surface area (Å²) in [6.07, 6.45) is 4.77. The highest BCUT2D eigenvalue weighted by Gasteiger charge is 2.31. The van der Waals surface area contributed by atoms with E-state index < -0.39 is 0 Å². The molecule has 3 nitrogen and oxygen atoms in total. The van der Waals surface area contributed by atoms with Crippen molar-refractivity contribution in [2.75, 3.05) is 0 Å². The Labute approximate surface area is 114 Å². The van der Waals surface area contributed by atoms with Crippen molar-refractivity contribution in [2.45, 2.75) is 38.5 Å². The first-order valence-corrected chi connectivity index (χ1v) is 7.27. The van der Waals surface area contributed by atoms with Crippen LogP contribution >= 0.6 is 15.9 Å². The van der Waals surface area contributed by atoms with E-state index in [1.807, 2.05) is 6.92 Å². The van der Waals surface area contributed by atoms with Crippen LogP contribution in [0, 0.1) is 6.92 Å². The summed E-state index contributed by atoms with van der Waals surface area (Å²) in [4.78, 5) is 0. The van der Waals surface area contributed by atoms with Gasteiger partial charge in [-0.2, -0.15) is 0 Å². The van der Waals surface area contributed by atoms with Crippen molar-refractivity contribution < 1.29 is 0 Å². The van der Waals surface area contributed by atoms with E-state index in [-0.39, 0.29) is 0 Å². The zero-order valence-electron chi connectivity index (χ0n) is 10.3. The SMILES string of the molecule is Cc1nnc2n1-c1ccc(Br)c(C3CC3)c1CC2. The highest BCUT2D eigenvalue weighted by molar-refractivity contribution is 9.10. The maximum atomic E-state index is 4.27. The van der Waals surface area contributed by atoms with Crippen molar-refractivity contribution in [3.63, 3.8) is 0 Å². The van der Waals surface area contributed by atoms with Gasteiger partial charge in [0.15, 0.2) is 0 Å². The number of hydrogen-bond donors (Lipinski definition) is 0. The normalized spacial score (nSPS) is 17.4. The van der Waals surface area contributed by atoms with Gasteiger partial charge in [0.25, 0.3) is 0 Å². The van der Waals surface area contributed by atoms with E-state index in [1.54, 1.807) is 0 Å². The summed E-state index contributed by atoms with van der Waals surface area (Å²) >= 11 is 3.72. The lowest BCUT2D eigenvalue weighted by Crippen LogP contribution is -2.15. The molecular weight excluding hydrogens is 290 g/mol. The Balaban J connectivity index is 2.00. The van der Waals surface area contributed by atoms with Crippen LogP contribution in [0.2, 0.25) is 0 Å². The molecule has 1 aromatic carbocycles. The van der Waals surface area contributed by atoms with Crippen LogP contribution in [0.4, 0.5) is 0 Å². The predicted molar refractivity (Wildman–Crippen MR) is 73.2 cm³/mol. The summed E-state index contributed by atoms with van der Waals surface area (Å²) < 4.78 is 3.50. The number of benzene rings is 1. The summed E-state index contributed by atoms with van der Waals surface area (Å²) in [5.41, 5.74) is 4.33. The number of nitrogens with zero attached hydrogens (tertiary/aromatic N) is 3. The molecule has 0 atom stereocenters. The van der Waals surface area contributed by atoms with Gasteiger partial charge in [-0.3, -0.25) is 4.57 Å². The monoisotopic (exact) mass is 303 g/mol. The van der Waals surface area contributed by atoms with Crippen molar-refractivity contribution in [2.24, 2.45) is 0 Å². The molecule has 4 rings (SSSR count). The minimum Gasteiger partial charge on any atom is -0.283 e. The maximum absolute atomic E-state index is 4.27. The first kappa shape index (κ1) is 10.7. The third kappa shape index (κ3) is 1.41. The summed E-state index contributed by atoms with van der Waals surface area (Å²) in [6.45, 7) is 2.03. The summed E-state index contributed by atoms with van der Waals surface area (Å²) in [5.74, 6) is 2.87. The second kappa shape index (κ2) is 3.67.